The SMILES string of the molecule is C=C=CC(OC(=O)NCC)c1ccccc1. The average Bonchev–Trinajstić information content (AvgIpc) is 2.30. The first-order valence-electron chi connectivity index (χ1n) is 5.13. The first kappa shape index (κ1) is 12.1. The van der Waals surface area contributed by atoms with Gasteiger partial charge in [-0.3, -0.25) is 0 Å². The normalized spacial score (nSPS) is 11.1. The maximum Gasteiger partial charge on any atom is 0.408 e. The minimum absolute atomic E-state index is 0.440. The number of ether oxygens (including phenoxy) is 1. The molecular formula is C13H15NO2. The summed E-state index contributed by atoms with van der Waals surface area (Å²) in [5, 5.41) is 2.57. The summed E-state index contributed by atoms with van der Waals surface area (Å²) in [4.78, 5) is 11.3. The number of carbonyl (C=O) groups excluding carboxylic acids is 1. The number of hydrogen-bond donors (Lipinski definition) is 1. The van der Waals surface area contributed by atoms with E-state index >= 15 is 0 Å². The van der Waals surface area contributed by atoms with Crippen LogP contribution in [-0.4, -0.2) is 12.6 Å². The number of nitrogens with one attached hydrogen (secondary N) is 1. The Morgan fingerprint density at radius 2 is 2.25 bits per heavy atom. The molecule has 0 spiro atoms. The predicted octanol–water partition coefficient (Wildman–Crippen LogP) is 2.81. The summed E-state index contributed by atoms with van der Waals surface area (Å²) >= 11 is 0. The molecule has 84 valence electrons. The Kier molecular flexibility index (Phi) is 4.90. The van der Waals surface area contributed by atoms with Gasteiger partial charge in [0.2, 0.25) is 0 Å². The summed E-state index contributed by atoms with van der Waals surface area (Å²) in [6, 6.07) is 9.46. The quantitative estimate of drug-likeness (QED) is 0.787. The molecule has 1 aromatic rings. The van der Waals surface area contributed by atoms with Crippen molar-refractivity contribution in [2.45, 2.75) is 13.0 Å². The van der Waals surface area contributed by atoms with Gasteiger partial charge in [-0.15, -0.1) is 5.73 Å². The minimum atomic E-state index is -0.442. The van der Waals surface area contributed by atoms with Crippen LogP contribution in [0.4, 0.5) is 4.79 Å². The van der Waals surface area contributed by atoms with Crippen molar-refractivity contribution in [1.29, 1.82) is 0 Å². The third kappa shape index (κ3) is 3.64. The fourth-order valence-electron chi connectivity index (χ4n) is 1.25. The van der Waals surface area contributed by atoms with Gasteiger partial charge in [0.05, 0.1) is 0 Å². The Balaban J connectivity index is 2.76. The molecule has 3 nitrogen and oxygen atoms in total. The van der Waals surface area contributed by atoms with Crippen molar-refractivity contribution in [3.63, 3.8) is 0 Å². The molecule has 0 saturated carbocycles. The average molecular weight is 217 g/mol. The van der Waals surface area contributed by atoms with Crippen LogP contribution in [0.1, 0.15) is 18.6 Å². The Morgan fingerprint density at radius 1 is 1.56 bits per heavy atom. The smallest absolute Gasteiger partial charge is 0.408 e. The largest absolute Gasteiger partial charge is 0.436 e. The van der Waals surface area contributed by atoms with Gasteiger partial charge < -0.3 is 10.1 Å². The van der Waals surface area contributed by atoms with Crippen LogP contribution in [0.2, 0.25) is 0 Å². The molecule has 3 heteroatoms. The van der Waals surface area contributed by atoms with Crippen LogP contribution >= 0.6 is 0 Å². The molecule has 1 atom stereocenters. The van der Waals surface area contributed by atoms with Crippen LogP contribution in [0, 0.1) is 0 Å². The van der Waals surface area contributed by atoms with Crippen molar-refractivity contribution in [2.24, 2.45) is 0 Å². The number of alkyl carbamates (subject to hydrolysis) is 1. The maximum atomic E-state index is 11.3. The molecule has 1 unspecified atom stereocenters. The van der Waals surface area contributed by atoms with E-state index in [2.05, 4.69) is 17.6 Å². The third-order valence-corrected chi connectivity index (χ3v) is 1.95. The molecule has 1 rings (SSSR count). The lowest BCUT2D eigenvalue weighted by Crippen LogP contribution is -2.25. The summed E-state index contributed by atoms with van der Waals surface area (Å²) in [5.74, 6) is 0. The molecule has 0 radical (unpaired) electrons. The monoisotopic (exact) mass is 217 g/mol. The Bertz CT molecular complexity index is 380. The fraction of sp³-hybridized carbons (Fsp3) is 0.231. The van der Waals surface area contributed by atoms with E-state index < -0.39 is 12.2 Å². The van der Waals surface area contributed by atoms with Crippen LogP contribution in [0.3, 0.4) is 0 Å². The molecule has 0 aliphatic carbocycles. The second-order valence-corrected chi connectivity index (χ2v) is 3.14. The number of rotatable bonds is 4. The highest BCUT2D eigenvalue weighted by atomic mass is 16.6. The van der Waals surface area contributed by atoms with Crippen molar-refractivity contribution in [3.05, 3.63) is 54.3 Å². The second kappa shape index (κ2) is 6.49. The lowest BCUT2D eigenvalue weighted by molar-refractivity contribution is 0.120. The van der Waals surface area contributed by atoms with Gasteiger partial charge in [0.25, 0.3) is 0 Å². The molecule has 0 aliphatic heterocycles. The Hall–Kier alpha value is -1.99. The molecule has 0 fully saturated rings. The first-order valence-corrected chi connectivity index (χ1v) is 5.13. The van der Waals surface area contributed by atoms with Crippen LogP contribution in [-0.2, 0) is 4.74 Å². The molecule has 1 N–H and O–H groups in total. The van der Waals surface area contributed by atoms with Crippen LogP contribution in [0.25, 0.3) is 0 Å². The van der Waals surface area contributed by atoms with E-state index in [1.165, 1.54) is 0 Å². The van der Waals surface area contributed by atoms with Crippen molar-refractivity contribution in [2.75, 3.05) is 6.54 Å². The Labute approximate surface area is 95.4 Å². The van der Waals surface area contributed by atoms with E-state index in [0.717, 1.165) is 5.56 Å². The summed E-state index contributed by atoms with van der Waals surface area (Å²) in [7, 11) is 0. The van der Waals surface area contributed by atoms with Crippen molar-refractivity contribution in [3.8, 4) is 0 Å². The number of hydrogen-bond acceptors (Lipinski definition) is 2. The van der Waals surface area contributed by atoms with E-state index in [9.17, 15) is 4.79 Å². The van der Waals surface area contributed by atoms with E-state index in [0.29, 0.717) is 6.54 Å². The van der Waals surface area contributed by atoms with Gasteiger partial charge in [-0.25, -0.2) is 4.79 Å². The first-order chi connectivity index (χ1) is 7.77. The fourth-order valence-corrected chi connectivity index (χ4v) is 1.25. The molecule has 1 amide bonds. The molecule has 1 aromatic carbocycles. The van der Waals surface area contributed by atoms with Crippen molar-refractivity contribution in [1.82, 2.24) is 5.32 Å². The van der Waals surface area contributed by atoms with E-state index in [1.54, 1.807) is 6.08 Å². The lowest BCUT2D eigenvalue weighted by atomic mass is 10.1. The predicted molar refractivity (Wildman–Crippen MR) is 63.1 cm³/mol. The molecule has 0 aromatic heterocycles. The summed E-state index contributed by atoms with van der Waals surface area (Å²) in [6.45, 7) is 5.86. The highest BCUT2D eigenvalue weighted by Crippen LogP contribution is 2.18. The van der Waals surface area contributed by atoms with Crippen LogP contribution in [0.5, 0.6) is 0 Å². The minimum Gasteiger partial charge on any atom is -0.436 e. The topological polar surface area (TPSA) is 38.3 Å². The van der Waals surface area contributed by atoms with Crippen molar-refractivity contribution < 1.29 is 9.53 Å². The second-order valence-electron chi connectivity index (χ2n) is 3.14. The number of carbonyl (C=O) groups is 1. The number of amides is 1. The zero-order valence-electron chi connectivity index (χ0n) is 9.27. The zero-order valence-corrected chi connectivity index (χ0v) is 9.27. The third-order valence-electron chi connectivity index (χ3n) is 1.95. The maximum absolute atomic E-state index is 11.3. The molecule has 16 heavy (non-hydrogen) atoms. The molecular weight excluding hydrogens is 202 g/mol. The number of benzene rings is 1. The highest BCUT2D eigenvalue weighted by molar-refractivity contribution is 5.67. The van der Waals surface area contributed by atoms with Gasteiger partial charge in [0, 0.05) is 12.6 Å². The standard InChI is InChI=1S/C13H15NO2/c1-3-8-12(16-13(15)14-4-2)11-9-6-5-7-10-11/h5-10,12H,1,4H2,2H3,(H,14,15). The van der Waals surface area contributed by atoms with Crippen LogP contribution in [0.15, 0.2) is 48.7 Å². The summed E-state index contributed by atoms with van der Waals surface area (Å²) < 4.78 is 5.21. The van der Waals surface area contributed by atoms with Crippen molar-refractivity contribution >= 4 is 6.09 Å². The van der Waals surface area contributed by atoms with E-state index in [1.807, 2.05) is 37.3 Å². The van der Waals surface area contributed by atoms with Gasteiger partial charge in [-0.05, 0) is 12.5 Å². The van der Waals surface area contributed by atoms with Gasteiger partial charge >= 0.3 is 6.09 Å². The molecule has 0 bridgehead atoms. The highest BCUT2D eigenvalue weighted by Gasteiger charge is 2.12. The molecule has 0 saturated heterocycles. The summed E-state index contributed by atoms with van der Waals surface area (Å²) in [6.07, 6.45) is 0.734. The van der Waals surface area contributed by atoms with E-state index in [4.69, 9.17) is 4.74 Å². The van der Waals surface area contributed by atoms with Crippen LogP contribution < -0.4 is 5.32 Å². The molecule has 0 aliphatic rings. The van der Waals surface area contributed by atoms with Gasteiger partial charge in [0.1, 0.15) is 0 Å². The van der Waals surface area contributed by atoms with Gasteiger partial charge in [-0.1, -0.05) is 36.9 Å². The Morgan fingerprint density at radius 3 is 2.81 bits per heavy atom. The zero-order chi connectivity index (χ0) is 11.8. The van der Waals surface area contributed by atoms with Gasteiger partial charge in [-0.2, -0.15) is 0 Å². The van der Waals surface area contributed by atoms with E-state index in [-0.39, 0.29) is 0 Å². The molecule has 0 heterocycles. The van der Waals surface area contributed by atoms with Gasteiger partial charge in [0.15, 0.2) is 6.10 Å². The summed E-state index contributed by atoms with van der Waals surface area (Å²) in [5.41, 5.74) is 3.53. The lowest BCUT2D eigenvalue weighted by Gasteiger charge is -2.13.